The fourth-order valence-electron chi connectivity index (χ4n) is 1.49. The molecular formula is C12H15N5O2. The number of carbonyl (C=O) groups is 1. The van der Waals surface area contributed by atoms with Crippen LogP contribution in [0.15, 0.2) is 24.3 Å². The SMILES string of the molecule is CCCOc1ccc(-c2nnn(CC(N)=O)n2)cc1. The number of nitrogens with zero attached hydrogens (tertiary/aromatic N) is 4. The van der Waals surface area contributed by atoms with Crippen LogP contribution in [0.5, 0.6) is 5.75 Å². The van der Waals surface area contributed by atoms with E-state index >= 15 is 0 Å². The molecular weight excluding hydrogens is 246 g/mol. The second kappa shape index (κ2) is 5.94. The maximum atomic E-state index is 10.7. The number of nitrogens with two attached hydrogens (primary N) is 1. The Balaban J connectivity index is 2.09. The summed E-state index contributed by atoms with van der Waals surface area (Å²) in [6.07, 6.45) is 0.963. The lowest BCUT2D eigenvalue weighted by Gasteiger charge is -2.03. The second-order valence-corrected chi connectivity index (χ2v) is 3.98. The van der Waals surface area contributed by atoms with Crippen molar-refractivity contribution in [2.75, 3.05) is 6.61 Å². The quantitative estimate of drug-likeness (QED) is 0.822. The summed E-state index contributed by atoms with van der Waals surface area (Å²) in [5.41, 5.74) is 5.86. The second-order valence-electron chi connectivity index (χ2n) is 3.98. The number of carbonyl (C=O) groups excluding carboxylic acids is 1. The number of hydrogen-bond donors (Lipinski definition) is 1. The topological polar surface area (TPSA) is 95.9 Å². The highest BCUT2D eigenvalue weighted by Gasteiger charge is 2.07. The molecule has 0 aliphatic rings. The highest BCUT2D eigenvalue weighted by atomic mass is 16.5. The van der Waals surface area contributed by atoms with Gasteiger partial charge in [-0.2, -0.15) is 4.80 Å². The Morgan fingerprint density at radius 2 is 2.11 bits per heavy atom. The minimum absolute atomic E-state index is 0.0787. The summed E-state index contributed by atoms with van der Waals surface area (Å²) in [7, 11) is 0. The number of ether oxygens (including phenoxy) is 1. The summed E-state index contributed by atoms with van der Waals surface area (Å²) < 4.78 is 5.48. The van der Waals surface area contributed by atoms with Crippen LogP contribution in [0.4, 0.5) is 0 Å². The van der Waals surface area contributed by atoms with Crippen molar-refractivity contribution in [3.8, 4) is 17.1 Å². The molecule has 0 saturated heterocycles. The number of primary amides is 1. The first-order valence-corrected chi connectivity index (χ1v) is 5.98. The van der Waals surface area contributed by atoms with Crippen molar-refractivity contribution in [1.29, 1.82) is 0 Å². The predicted molar refractivity (Wildman–Crippen MR) is 68.2 cm³/mol. The summed E-state index contributed by atoms with van der Waals surface area (Å²) in [5.74, 6) is 0.741. The Labute approximate surface area is 110 Å². The van der Waals surface area contributed by atoms with Crippen molar-refractivity contribution in [2.45, 2.75) is 19.9 Å². The van der Waals surface area contributed by atoms with Gasteiger partial charge in [-0.25, -0.2) is 0 Å². The molecule has 0 atom stereocenters. The zero-order valence-electron chi connectivity index (χ0n) is 10.6. The van der Waals surface area contributed by atoms with Crippen molar-refractivity contribution in [1.82, 2.24) is 20.2 Å². The van der Waals surface area contributed by atoms with E-state index in [0.717, 1.165) is 17.7 Å². The summed E-state index contributed by atoms with van der Waals surface area (Å²) in [6.45, 7) is 2.66. The van der Waals surface area contributed by atoms with Crippen LogP contribution in [0, 0.1) is 0 Å². The smallest absolute Gasteiger partial charge is 0.241 e. The predicted octanol–water partition coefficient (Wildman–Crippen LogP) is 0.614. The van der Waals surface area contributed by atoms with Crippen molar-refractivity contribution in [2.24, 2.45) is 5.73 Å². The summed E-state index contributed by atoms with van der Waals surface area (Å²) >= 11 is 0. The maximum Gasteiger partial charge on any atom is 0.241 e. The molecule has 0 saturated carbocycles. The molecule has 1 amide bonds. The van der Waals surface area contributed by atoms with Crippen molar-refractivity contribution in [3.05, 3.63) is 24.3 Å². The molecule has 2 rings (SSSR count). The summed E-state index contributed by atoms with van der Waals surface area (Å²) in [6, 6.07) is 7.38. The van der Waals surface area contributed by atoms with E-state index in [2.05, 4.69) is 22.3 Å². The Morgan fingerprint density at radius 1 is 1.37 bits per heavy atom. The molecule has 0 aliphatic carbocycles. The van der Waals surface area contributed by atoms with Crippen molar-refractivity contribution >= 4 is 5.91 Å². The molecule has 2 N–H and O–H groups in total. The van der Waals surface area contributed by atoms with Gasteiger partial charge in [-0.05, 0) is 35.9 Å². The molecule has 7 nitrogen and oxygen atoms in total. The van der Waals surface area contributed by atoms with Gasteiger partial charge in [0.25, 0.3) is 0 Å². The molecule has 100 valence electrons. The van der Waals surface area contributed by atoms with E-state index in [1.807, 2.05) is 24.3 Å². The monoisotopic (exact) mass is 261 g/mol. The number of hydrogen-bond acceptors (Lipinski definition) is 5. The van der Waals surface area contributed by atoms with Gasteiger partial charge >= 0.3 is 0 Å². The van der Waals surface area contributed by atoms with Gasteiger partial charge in [0.1, 0.15) is 12.3 Å². The van der Waals surface area contributed by atoms with Crippen LogP contribution in [0.3, 0.4) is 0 Å². The molecule has 0 bridgehead atoms. The summed E-state index contributed by atoms with van der Waals surface area (Å²) in [4.78, 5) is 11.9. The molecule has 1 heterocycles. The molecule has 0 fully saturated rings. The van der Waals surface area contributed by atoms with Crippen LogP contribution in [-0.4, -0.2) is 32.7 Å². The Hall–Kier alpha value is -2.44. The first-order valence-electron chi connectivity index (χ1n) is 5.98. The average molecular weight is 261 g/mol. The van der Waals surface area contributed by atoms with Crippen molar-refractivity contribution < 1.29 is 9.53 Å². The molecule has 1 aromatic heterocycles. The first-order chi connectivity index (χ1) is 9.19. The van der Waals surface area contributed by atoms with Crippen LogP contribution < -0.4 is 10.5 Å². The van der Waals surface area contributed by atoms with Gasteiger partial charge in [0.15, 0.2) is 0 Å². The third-order valence-electron chi connectivity index (χ3n) is 2.34. The summed E-state index contributed by atoms with van der Waals surface area (Å²) in [5, 5.41) is 11.7. The number of aromatic nitrogens is 4. The molecule has 0 aliphatic heterocycles. The van der Waals surface area contributed by atoms with E-state index in [4.69, 9.17) is 10.5 Å². The minimum Gasteiger partial charge on any atom is -0.494 e. The van der Waals surface area contributed by atoms with E-state index in [0.29, 0.717) is 12.4 Å². The van der Waals surface area contributed by atoms with Gasteiger partial charge in [0, 0.05) is 5.56 Å². The minimum atomic E-state index is -0.507. The third kappa shape index (κ3) is 3.51. The van der Waals surface area contributed by atoms with E-state index in [1.54, 1.807) is 0 Å². The molecule has 0 spiro atoms. The zero-order chi connectivity index (χ0) is 13.7. The van der Waals surface area contributed by atoms with Crippen LogP contribution in [0.2, 0.25) is 0 Å². The van der Waals surface area contributed by atoms with E-state index < -0.39 is 5.91 Å². The van der Waals surface area contributed by atoms with Crippen LogP contribution in [-0.2, 0) is 11.3 Å². The number of rotatable bonds is 6. The Bertz CT molecular complexity index is 550. The lowest BCUT2D eigenvalue weighted by atomic mass is 10.2. The molecule has 0 radical (unpaired) electrons. The van der Waals surface area contributed by atoms with E-state index in [1.165, 1.54) is 4.80 Å². The average Bonchev–Trinajstić information content (AvgIpc) is 2.84. The largest absolute Gasteiger partial charge is 0.494 e. The highest BCUT2D eigenvalue weighted by molar-refractivity contribution is 5.73. The maximum absolute atomic E-state index is 10.7. The highest BCUT2D eigenvalue weighted by Crippen LogP contribution is 2.18. The standard InChI is InChI=1S/C12H15N5O2/c1-2-7-19-10-5-3-9(4-6-10)12-14-16-17(15-12)8-11(13)18/h3-6H,2,7-8H2,1H3,(H2,13,18). The Kier molecular flexibility index (Phi) is 4.07. The molecule has 19 heavy (non-hydrogen) atoms. The van der Waals surface area contributed by atoms with E-state index in [9.17, 15) is 4.79 Å². The number of benzene rings is 1. The first kappa shape index (κ1) is 13.0. The molecule has 0 unspecified atom stereocenters. The molecule has 7 heteroatoms. The lowest BCUT2D eigenvalue weighted by Crippen LogP contribution is -2.20. The van der Waals surface area contributed by atoms with Crippen LogP contribution >= 0.6 is 0 Å². The van der Waals surface area contributed by atoms with Crippen LogP contribution in [0.1, 0.15) is 13.3 Å². The van der Waals surface area contributed by atoms with Gasteiger partial charge < -0.3 is 10.5 Å². The molecule has 2 aromatic rings. The number of amides is 1. The van der Waals surface area contributed by atoms with Gasteiger partial charge in [-0.1, -0.05) is 6.92 Å². The van der Waals surface area contributed by atoms with Crippen LogP contribution in [0.25, 0.3) is 11.4 Å². The van der Waals surface area contributed by atoms with Gasteiger partial charge in [0.05, 0.1) is 6.61 Å². The number of tetrazole rings is 1. The van der Waals surface area contributed by atoms with E-state index in [-0.39, 0.29) is 6.54 Å². The third-order valence-corrected chi connectivity index (χ3v) is 2.34. The van der Waals surface area contributed by atoms with Gasteiger partial charge in [0.2, 0.25) is 11.7 Å². The lowest BCUT2D eigenvalue weighted by molar-refractivity contribution is -0.118. The molecule has 1 aromatic carbocycles. The van der Waals surface area contributed by atoms with Gasteiger partial charge in [-0.3, -0.25) is 4.79 Å². The Morgan fingerprint density at radius 3 is 2.74 bits per heavy atom. The van der Waals surface area contributed by atoms with Gasteiger partial charge in [-0.15, -0.1) is 10.2 Å². The van der Waals surface area contributed by atoms with Crippen molar-refractivity contribution in [3.63, 3.8) is 0 Å². The fraction of sp³-hybridized carbons (Fsp3) is 0.333. The normalized spacial score (nSPS) is 10.4. The zero-order valence-corrected chi connectivity index (χ0v) is 10.6. The fourth-order valence-corrected chi connectivity index (χ4v) is 1.49.